The Morgan fingerprint density at radius 1 is 1.24 bits per heavy atom. The minimum Gasteiger partial charge on any atom is -0.497 e. The van der Waals surface area contributed by atoms with E-state index < -0.39 is 0 Å². The number of carbonyl (C=O) groups is 1. The number of hydrogen-bond acceptors (Lipinski definition) is 5. The summed E-state index contributed by atoms with van der Waals surface area (Å²) in [6.45, 7) is 6.05. The number of nitrogens with zero attached hydrogens (tertiary/aromatic N) is 2. The summed E-state index contributed by atoms with van der Waals surface area (Å²) < 4.78 is 11.8. The van der Waals surface area contributed by atoms with Crippen molar-refractivity contribution in [1.29, 1.82) is 0 Å². The number of ether oxygens (including phenoxy) is 2. The molecule has 3 saturated heterocycles. The highest BCUT2D eigenvalue weighted by atomic mass is 16.5. The summed E-state index contributed by atoms with van der Waals surface area (Å²) in [7, 11) is 1.66. The molecule has 3 aliphatic heterocycles. The maximum Gasteiger partial charge on any atom is 0.310 e. The normalized spacial score (nSPS) is 24.9. The van der Waals surface area contributed by atoms with Crippen LogP contribution in [0.4, 0.5) is 0 Å². The Hall–Kier alpha value is -3.18. The zero-order valence-electron chi connectivity index (χ0n) is 19.0. The molecule has 3 fully saturated rings. The predicted molar refractivity (Wildman–Crippen MR) is 129 cm³/mol. The Bertz CT molecular complexity index is 1150. The van der Waals surface area contributed by atoms with E-state index in [2.05, 4.69) is 22.5 Å². The van der Waals surface area contributed by atoms with Crippen LogP contribution >= 0.6 is 0 Å². The van der Waals surface area contributed by atoms with Crippen LogP contribution in [-0.4, -0.2) is 42.1 Å². The Labute approximate surface area is 195 Å². The van der Waals surface area contributed by atoms with Crippen molar-refractivity contribution in [3.8, 4) is 5.75 Å². The second-order valence-corrected chi connectivity index (χ2v) is 9.10. The second-order valence-electron chi connectivity index (χ2n) is 9.10. The van der Waals surface area contributed by atoms with Crippen LogP contribution in [0.25, 0.3) is 10.9 Å². The van der Waals surface area contributed by atoms with Crippen LogP contribution in [-0.2, 0) is 16.0 Å². The summed E-state index contributed by atoms with van der Waals surface area (Å²) in [6.07, 6.45) is 5.96. The van der Waals surface area contributed by atoms with Crippen molar-refractivity contribution in [2.24, 2.45) is 11.8 Å². The first-order valence-electron chi connectivity index (χ1n) is 11.7. The molecule has 0 radical (unpaired) electrons. The largest absolute Gasteiger partial charge is 0.497 e. The van der Waals surface area contributed by atoms with Gasteiger partial charge >= 0.3 is 5.97 Å². The van der Waals surface area contributed by atoms with Gasteiger partial charge in [0, 0.05) is 23.7 Å². The van der Waals surface area contributed by atoms with Gasteiger partial charge in [0.1, 0.15) is 11.9 Å². The summed E-state index contributed by atoms with van der Waals surface area (Å²) in [6, 6.07) is 17.8. The van der Waals surface area contributed by atoms with E-state index in [0.717, 1.165) is 47.3 Å². The maximum atomic E-state index is 13.1. The van der Waals surface area contributed by atoms with Crippen LogP contribution < -0.4 is 4.74 Å². The number of piperidine rings is 3. The highest BCUT2D eigenvalue weighted by Gasteiger charge is 2.44. The lowest BCUT2D eigenvalue weighted by atomic mass is 9.73. The van der Waals surface area contributed by atoms with Crippen molar-refractivity contribution in [3.63, 3.8) is 0 Å². The van der Waals surface area contributed by atoms with Gasteiger partial charge in [-0.3, -0.25) is 14.7 Å². The van der Waals surface area contributed by atoms with E-state index in [4.69, 9.17) is 9.47 Å². The van der Waals surface area contributed by atoms with Gasteiger partial charge in [0.25, 0.3) is 0 Å². The Kier molecular flexibility index (Phi) is 6.14. The number of aromatic nitrogens is 1. The fraction of sp³-hybridized carbons (Fsp3) is 0.357. The number of carbonyl (C=O) groups excluding carboxylic acids is 1. The van der Waals surface area contributed by atoms with Gasteiger partial charge in [0.2, 0.25) is 0 Å². The zero-order chi connectivity index (χ0) is 22.8. The van der Waals surface area contributed by atoms with Gasteiger partial charge in [-0.05, 0) is 61.1 Å². The molecule has 0 N–H and O–H groups in total. The molecular weight excluding hydrogens is 412 g/mol. The number of esters is 1. The SMILES string of the molecule is C=CC1CN2CCC1CC2[C@@H](OC(=O)Cc1ccccc1)c1ccnc2ccc(OC)cc12. The first kappa shape index (κ1) is 21.7. The molecule has 170 valence electrons. The van der Waals surface area contributed by atoms with Crippen LogP contribution in [0, 0.1) is 11.8 Å². The molecule has 5 heteroatoms. The molecule has 0 aliphatic carbocycles. The topological polar surface area (TPSA) is 51.7 Å². The van der Waals surface area contributed by atoms with E-state index in [0.29, 0.717) is 11.8 Å². The quantitative estimate of drug-likeness (QED) is 0.382. The van der Waals surface area contributed by atoms with E-state index in [9.17, 15) is 4.79 Å². The average molecular weight is 443 g/mol. The minimum absolute atomic E-state index is 0.136. The average Bonchev–Trinajstić information content (AvgIpc) is 2.87. The monoisotopic (exact) mass is 442 g/mol. The van der Waals surface area contributed by atoms with E-state index in [1.54, 1.807) is 7.11 Å². The number of rotatable bonds is 7. The summed E-state index contributed by atoms with van der Waals surface area (Å²) in [5, 5.41) is 0.970. The van der Waals surface area contributed by atoms with E-state index in [-0.39, 0.29) is 24.5 Å². The molecule has 4 heterocycles. The van der Waals surface area contributed by atoms with Gasteiger partial charge in [0.05, 0.1) is 25.1 Å². The van der Waals surface area contributed by atoms with Crippen molar-refractivity contribution >= 4 is 16.9 Å². The van der Waals surface area contributed by atoms with Crippen molar-refractivity contribution in [1.82, 2.24) is 9.88 Å². The zero-order valence-corrected chi connectivity index (χ0v) is 19.0. The number of pyridine rings is 1. The molecule has 2 aromatic carbocycles. The number of benzene rings is 2. The molecule has 0 amide bonds. The Balaban J connectivity index is 1.51. The molecule has 3 aromatic rings. The van der Waals surface area contributed by atoms with Crippen LogP contribution in [0.1, 0.15) is 30.1 Å². The number of fused-ring (bicyclic) bond motifs is 4. The minimum atomic E-state index is -0.368. The lowest BCUT2D eigenvalue weighted by Crippen LogP contribution is -2.55. The Morgan fingerprint density at radius 3 is 2.82 bits per heavy atom. The molecule has 3 aliphatic rings. The lowest BCUT2D eigenvalue weighted by molar-refractivity contribution is -0.156. The van der Waals surface area contributed by atoms with Gasteiger partial charge in [-0.2, -0.15) is 0 Å². The summed E-state index contributed by atoms with van der Waals surface area (Å²) >= 11 is 0. The second kappa shape index (κ2) is 9.36. The van der Waals surface area contributed by atoms with Crippen LogP contribution in [0.3, 0.4) is 0 Å². The molecule has 5 nitrogen and oxygen atoms in total. The van der Waals surface area contributed by atoms with E-state index >= 15 is 0 Å². The van der Waals surface area contributed by atoms with Crippen molar-refractivity contribution in [2.45, 2.75) is 31.4 Å². The van der Waals surface area contributed by atoms with E-state index in [1.807, 2.05) is 60.8 Å². The standard InChI is InChI=1S/C28H30N2O3/c1-3-20-18-30-14-12-21(20)16-26(30)28(33-27(31)15-19-7-5-4-6-8-19)23-11-13-29-25-10-9-22(32-2)17-24(23)25/h3-11,13,17,20-21,26,28H,1,12,14-16,18H2,2H3/t20?,21?,26?,28-/m0/s1. The third-order valence-electron chi connectivity index (χ3n) is 7.24. The van der Waals surface area contributed by atoms with Crippen molar-refractivity contribution < 1.29 is 14.3 Å². The van der Waals surface area contributed by atoms with Gasteiger partial charge in [-0.15, -0.1) is 6.58 Å². The van der Waals surface area contributed by atoms with Crippen LogP contribution in [0.2, 0.25) is 0 Å². The third-order valence-corrected chi connectivity index (χ3v) is 7.24. The molecule has 6 rings (SSSR count). The molecule has 0 spiro atoms. The third kappa shape index (κ3) is 4.38. The van der Waals surface area contributed by atoms with Gasteiger partial charge < -0.3 is 9.47 Å². The molecule has 0 saturated carbocycles. The first-order valence-corrected chi connectivity index (χ1v) is 11.7. The van der Waals surface area contributed by atoms with E-state index in [1.165, 1.54) is 6.42 Å². The molecule has 33 heavy (non-hydrogen) atoms. The number of hydrogen-bond donors (Lipinski definition) is 0. The number of methoxy groups -OCH3 is 1. The molecule has 4 unspecified atom stereocenters. The fourth-order valence-corrected chi connectivity index (χ4v) is 5.51. The predicted octanol–water partition coefficient (Wildman–Crippen LogP) is 4.97. The van der Waals surface area contributed by atoms with Gasteiger partial charge in [-0.1, -0.05) is 36.4 Å². The first-order chi connectivity index (χ1) is 16.2. The smallest absolute Gasteiger partial charge is 0.310 e. The maximum absolute atomic E-state index is 13.1. The lowest BCUT2D eigenvalue weighted by Gasteiger charge is -2.51. The summed E-state index contributed by atoms with van der Waals surface area (Å²) in [5.41, 5.74) is 2.82. The molecule has 2 bridgehead atoms. The summed E-state index contributed by atoms with van der Waals surface area (Å²) in [5.74, 6) is 1.64. The highest BCUT2D eigenvalue weighted by Crippen LogP contribution is 2.43. The van der Waals surface area contributed by atoms with Gasteiger partial charge in [0.15, 0.2) is 0 Å². The highest BCUT2D eigenvalue weighted by molar-refractivity contribution is 5.84. The fourth-order valence-electron chi connectivity index (χ4n) is 5.51. The molecule has 5 atom stereocenters. The molecular formula is C28H30N2O3. The van der Waals surface area contributed by atoms with Crippen molar-refractivity contribution in [3.05, 3.63) is 84.6 Å². The van der Waals surface area contributed by atoms with Gasteiger partial charge in [-0.25, -0.2) is 0 Å². The van der Waals surface area contributed by atoms with Crippen LogP contribution in [0.5, 0.6) is 5.75 Å². The Morgan fingerprint density at radius 2 is 2.09 bits per heavy atom. The molecule has 1 aromatic heterocycles. The van der Waals surface area contributed by atoms with Crippen molar-refractivity contribution in [2.75, 3.05) is 20.2 Å². The van der Waals surface area contributed by atoms with Crippen LogP contribution in [0.15, 0.2) is 73.4 Å². The summed E-state index contributed by atoms with van der Waals surface area (Å²) in [4.78, 5) is 20.2.